The van der Waals surface area contributed by atoms with Gasteiger partial charge in [-0.1, -0.05) is 59.1 Å². The zero-order chi connectivity index (χ0) is 31.0. The van der Waals surface area contributed by atoms with E-state index in [1.165, 1.54) is 36.4 Å². The van der Waals surface area contributed by atoms with Crippen LogP contribution in [-0.4, -0.2) is 46.6 Å². The number of carboxylic acid groups (broad SMARTS) is 2. The smallest absolute Gasteiger partial charge is 0.545 e. The Hall–Kier alpha value is -3.40. The second-order valence-corrected chi connectivity index (χ2v) is 11.0. The molecule has 0 saturated heterocycles. The van der Waals surface area contributed by atoms with Crippen molar-refractivity contribution < 1.29 is 28.2 Å². The molecule has 2 aromatic rings. The summed E-state index contributed by atoms with van der Waals surface area (Å²) < 4.78 is 23.9. The number of benzene rings is 2. The summed E-state index contributed by atoms with van der Waals surface area (Å²) in [7, 11) is -3.45. The van der Waals surface area contributed by atoms with Gasteiger partial charge in [-0.3, -0.25) is 5.73 Å². The molecule has 5 rings (SSSR count). The molecule has 0 atom stereocenters. The van der Waals surface area contributed by atoms with Crippen molar-refractivity contribution in [2.75, 3.05) is 0 Å². The molecule has 43 heavy (non-hydrogen) atoms. The van der Waals surface area contributed by atoms with Gasteiger partial charge in [0, 0.05) is 27.6 Å². The molecule has 0 bridgehead atoms. The normalized spacial score (nSPS) is 13.3. The van der Waals surface area contributed by atoms with E-state index in [4.69, 9.17) is 34.8 Å². The first-order valence-electron chi connectivity index (χ1n) is 11.7. The Morgan fingerprint density at radius 1 is 0.860 bits per heavy atom. The summed E-state index contributed by atoms with van der Waals surface area (Å²) in [4.78, 5) is 20.7. The number of aromatic carboxylic acids is 2. The molecule has 3 aliphatic carbocycles. The quantitative estimate of drug-likeness (QED) is 0.241. The van der Waals surface area contributed by atoms with Crippen molar-refractivity contribution >= 4 is 82.8 Å². The Bertz CT molecular complexity index is 1650. The van der Waals surface area contributed by atoms with Crippen LogP contribution in [0.25, 0.3) is 0 Å². The molecule has 11 heteroatoms. The number of halogens is 3. The molecule has 0 heterocycles. The van der Waals surface area contributed by atoms with E-state index in [0.29, 0.717) is 10.0 Å². The maximum Gasteiger partial charge on any atom is 2.00 e. The number of carbonyl (C=O) groups is 2. The summed E-state index contributed by atoms with van der Waals surface area (Å²) in [6.07, 6.45) is 22.9. The minimum absolute atomic E-state index is 0. The van der Waals surface area contributed by atoms with Crippen molar-refractivity contribution in [1.29, 1.82) is 0 Å². The Kier molecular flexibility index (Phi) is 17.3. The third-order valence-electron chi connectivity index (χ3n) is 4.74. The van der Waals surface area contributed by atoms with Crippen LogP contribution in [0.15, 0.2) is 136 Å². The van der Waals surface area contributed by atoms with Crippen LogP contribution in [0.4, 0.5) is 0 Å². The first-order valence-corrected chi connectivity index (χ1v) is 14.4. The molecule has 216 valence electrons. The van der Waals surface area contributed by atoms with E-state index in [0.717, 1.165) is 5.03 Å². The first-order chi connectivity index (χ1) is 20.0. The standard InChI is InChI=1S/C12H8O2S.2C7H5ClO2.C6H4Cl.Bi/c13-15(14,11-7-3-1-4-8-11)12-9-5-2-6-10-12;2*8-6-3-1-2-5(4-6)7(9)10;7-6-4-2-1-3-5-6;/h1-7,9H;2*1-4H,(H,9,10);2-5H;/q;;;;+2/p-2. The molecule has 0 amide bonds. The van der Waals surface area contributed by atoms with Crippen LogP contribution in [0.2, 0.25) is 10.0 Å². The molecular formula is C32H20BiCl3O6S. The van der Waals surface area contributed by atoms with E-state index in [9.17, 15) is 28.2 Å². The van der Waals surface area contributed by atoms with Crippen molar-refractivity contribution in [2.24, 2.45) is 0 Å². The minimum Gasteiger partial charge on any atom is -0.545 e. The SMILES string of the molecule is ClC1=CC=C=C[CH]1.O=C([O-])c1cccc(Cl)c1.O=C([O-])c1cccc(Cl)c1.O=S(=O)(C1=C=C[CH-]C=C1)C1=CC=CC=[C+]1.[Bi+2]. The fourth-order valence-corrected chi connectivity index (χ4v) is 4.51. The van der Waals surface area contributed by atoms with Crippen LogP contribution < -0.4 is 10.2 Å². The van der Waals surface area contributed by atoms with Gasteiger partial charge in [-0.2, -0.15) is 12.5 Å². The summed E-state index contributed by atoms with van der Waals surface area (Å²) in [5, 5.41) is 21.9. The van der Waals surface area contributed by atoms with Crippen LogP contribution in [-0.2, 0) is 9.84 Å². The molecule has 0 spiro atoms. The van der Waals surface area contributed by atoms with Gasteiger partial charge >= 0.3 is 26.2 Å². The van der Waals surface area contributed by atoms with Crippen LogP contribution in [0, 0.1) is 18.9 Å². The molecule has 3 aliphatic rings. The van der Waals surface area contributed by atoms with E-state index in [2.05, 4.69) is 17.5 Å². The zero-order valence-corrected chi connectivity index (χ0v) is 28.5. The second-order valence-electron chi connectivity index (χ2n) is 7.77. The third-order valence-corrected chi connectivity index (χ3v) is 7.13. The van der Waals surface area contributed by atoms with Crippen molar-refractivity contribution in [3.8, 4) is 0 Å². The van der Waals surface area contributed by atoms with Crippen LogP contribution >= 0.6 is 34.8 Å². The van der Waals surface area contributed by atoms with Gasteiger partial charge in [0.05, 0.1) is 30.2 Å². The average Bonchev–Trinajstić information content (AvgIpc) is 2.99. The maximum atomic E-state index is 12.0. The van der Waals surface area contributed by atoms with E-state index in [-0.39, 0.29) is 47.1 Å². The number of allylic oxidation sites excluding steroid dienone is 10. The number of rotatable bonds is 4. The molecule has 0 unspecified atom stereocenters. The molecule has 0 aliphatic heterocycles. The minimum atomic E-state index is -3.45. The Labute approximate surface area is 284 Å². The monoisotopic (exact) mass is 846 g/mol. The molecule has 6 nitrogen and oxygen atoms in total. The number of hydrogen-bond donors (Lipinski definition) is 0. The summed E-state index contributed by atoms with van der Waals surface area (Å²) >= 11 is 16.5. The van der Waals surface area contributed by atoms with E-state index in [1.54, 1.807) is 85.7 Å². The van der Waals surface area contributed by atoms with Crippen molar-refractivity contribution in [1.82, 2.24) is 0 Å². The van der Waals surface area contributed by atoms with Gasteiger partial charge in [0.25, 0.3) is 0 Å². The fourth-order valence-electron chi connectivity index (χ4n) is 2.80. The van der Waals surface area contributed by atoms with Gasteiger partial charge in [0.1, 0.15) is 6.08 Å². The van der Waals surface area contributed by atoms with Gasteiger partial charge in [-0.15, -0.1) is 17.9 Å². The topological polar surface area (TPSA) is 114 Å². The van der Waals surface area contributed by atoms with Crippen molar-refractivity contribution in [3.63, 3.8) is 0 Å². The molecule has 2 aromatic carbocycles. The van der Waals surface area contributed by atoms with Crippen molar-refractivity contribution in [3.05, 3.63) is 176 Å². The van der Waals surface area contributed by atoms with Gasteiger partial charge in [-0.05, 0) is 58.5 Å². The molecule has 0 saturated carbocycles. The molecule has 4 radical (unpaired) electrons. The summed E-state index contributed by atoms with van der Waals surface area (Å²) in [5.41, 5.74) is 5.76. The van der Waals surface area contributed by atoms with Crippen molar-refractivity contribution in [2.45, 2.75) is 0 Å². The predicted octanol–water partition coefficient (Wildman–Crippen LogP) is 5.09. The van der Waals surface area contributed by atoms with Crippen LogP contribution in [0.3, 0.4) is 0 Å². The van der Waals surface area contributed by atoms with Crippen LogP contribution in [0.5, 0.6) is 0 Å². The average molecular weight is 848 g/mol. The van der Waals surface area contributed by atoms with E-state index in [1.807, 2.05) is 0 Å². The first kappa shape index (κ1) is 37.6. The number of hydrogen-bond acceptors (Lipinski definition) is 6. The summed E-state index contributed by atoms with van der Waals surface area (Å²) in [6.45, 7) is 0. The molecule has 0 fully saturated rings. The largest absolute Gasteiger partial charge is 2.00 e. The molecule has 0 N–H and O–H groups in total. The zero-order valence-electron chi connectivity index (χ0n) is 22.0. The van der Waals surface area contributed by atoms with Gasteiger partial charge in [-0.25, -0.2) is 8.42 Å². The van der Waals surface area contributed by atoms with Gasteiger partial charge in [0.15, 0.2) is 0 Å². The Balaban J connectivity index is 0.000000295. The molecular weight excluding hydrogens is 828 g/mol. The van der Waals surface area contributed by atoms with Gasteiger partial charge in [0.2, 0.25) is 14.7 Å². The maximum absolute atomic E-state index is 12.0. The number of carbonyl (C=O) groups excluding carboxylic acids is 2. The number of carboxylic acids is 2. The Morgan fingerprint density at radius 3 is 1.81 bits per heavy atom. The summed E-state index contributed by atoms with van der Waals surface area (Å²) in [5.74, 6) is -2.41. The summed E-state index contributed by atoms with van der Waals surface area (Å²) in [6, 6.07) is 11.9. The van der Waals surface area contributed by atoms with Gasteiger partial charge < -0.3 is 19.8 Å². The second kappa shape index (κ2) is 19.7. The number of sulfone groups is 1. The van der Waals surface area contributed by atoms with E-state index >= 15 is 0 Å². The third kappa shape index (κ3) is 14.1. The van der Waals surface area contributed by atoms with E-state index < -0.39 is 21.8 Å². The van der Waals surface area contributed by atoms with Crippen LogP contribution in [0.1, 0.15) is 20.7 Å². The predicted molar refractivity (Wildman–Crippen MR) is 167 cm³/mol. The Morgan fingerprint density at radius 2 is 1.47 bits per heavy atom. The fraction of sp³-hybridized carbons (Fsp3) is 0. The molecule has 0 aromatic heterocycles.